The van der Waals surface area contributed by atoms with Crippen molar-refractivity contribution in [3.8, 4) is 0 Å². The van der Waals surface area contributed by atoms with Gasteiger partial charge in [-0.05, 0) is 12.8 Å². The molecule has 0 bridgehead atoms. The lowest BCUT2D eigenvalue weighted by atomic mass is 10.0. The number of nitrogens with one attached hydrogen (secondary N) is 2. The number of hydrogen-bond acceptors (Lipinski definition) is 4. The van der Waals surface area contributed by atoms with Gasteiger partial charge in [-0.15, -0.1) is 24.8 Å². The first-order valence-electron chi connectivity index (χ1n) is 7.13. The maximum atomic E-state index is 13.0. The SMILES string of the molecule is COCCN1CCC(NC(=O)C2CC(F)(F)CN2)CC1.Cl.Cl. The highest BCUT2D eigenvalue weighted by molar-refractivity contribution is 5.85. The van der Waals surface area contributed by atoms with E-state index in [1.807, 2.05) is 0 Å². The van der Waals surface area contributed by atoms with Gasteiger partial charge in [-0.1, -0.05) is 0 Å². The molecule has 1 atom stereocenters. The van der Waals surface area contributed by atoms with E-state index in [0.29, 0.717) is 6.61 Å². The Morgan fingerprint density at radius 2 is 2.00 bits per heavy atom. The van der Waals surface area contributed by atoms with Crippen LogP contribution in [-0.2, 0) is 9.53 Å². The van der Waals surface area contributed by atoms with Crippen LogP contribution in [0, 0.1) is 0 Å². The van der Waals surface area contributed by atoms with Crippen LogP contribution < -0.4 is 10.6 Å². The Morgan fingerprint density at radius 1 is 1.36 bits per heavy atom. The van der Waals surface area contributed by atoms with Gasteiger partial charge in [-0.25, -0.2) is 8.78 Å². The molecule has 2 aliphatic rings. The van der Waals surface area contributed by atoms with Crippen LogP contribution in [0.25, 0.3) is 0 Å². The normalized spacial score (nSPS) is 25.1. The number of alkyl halides is 2. The molecule has 0 saturated carbocycles. The summed E-state index contributed by atoms with van der Waals surface area (Å²) in [6, 6.07) is -0.658. The van der Waals surface area contributed by atoms with Crippen LogP contribution in [0.2, 0.25) is 0 Å². The first kappa shape index (κ1) is 21.8. The van der Waals surface area contributed by atoms with Gasteiger partial charge in [0.15, 0.2) is 0 Å². The van der Waals surface area contributed by atoms with Crippen molar-refractivity contribution in [1.82, 2.24) is 15.5 Å². The van der Waals surface area contributed by atoms with E-state index >= 15 is 0 Å². The van der Waals surface area contributed by atoms with Gasteiger partial charge in [0.1, 0.15) is 0 Å². The molecule has 2 N–H and O–H groups in total. The fourth-order valence-electron chi connectivity index (χ4n) is 2.72. The summed E-state index contributed by atoms with van der Waals surface area (Å²) in [5.74, 6) is -3.05. The molecule has 0 aliphatic carbocycles. The Balaban J connectivity index is 0.00000220. The fraction of sp³-hybridized carbons (Fsp3) is 0.923. The summed E-state index contributed by atoms with van der Waals surface area (Å²) in [4.78, 5) is 14.2. The number of carbonyl (C=O) groups excluding carboxylic acids is 1. The molecule has 2 aliphatic heterocycles. The van der Waals surface area contributed by atoms with Crippen LogP contribution in [0.15, 0.2) is 0 Å². The third-order valence-corrected chi connectivity index (χ3v) is 3.97. The number of carbonyl (C=O) groups is 1. The van der Waals surface area contributed by atoms with E-state index in [1.165, 1.54) is 0 Å². The van der Waals surface area contributed by atoms with Gasteiger partial charge < -0.3 is 15.0 Å². The predicted molar refractivity (Wildman–Crippen MR) is 85.3 cm³/mol. The molecule has 1 unspecified atom stereocenters. The third kappa shape index (κ3) is 6.50. The summed E-state index contributed by atoms with van der Waals surface area (Å²) in [5, 5.41) is 5.47. The molecular weight excluding hydrogens is 339 g/mol. The van der Waals surface area contributed by atoms with Crippen molar-refractivity contribution in [1.29, 1.82) is 0 Å². The quantitative estimate of drug-likeness (QED) is 0.766. The smallest absolute Gasteiger partial charge is 0.262 e. The lowest BCUT2D eigenvalue weighted by Crippen LogP contribution is -2.49. The van der Waals surface area contributed by atoms with E-state index < -0.39 is 24.9 Å². The van der Waals surface area contributed by atoms with Crippen molar-refractivity contribution in [2.75, 3.05) is 39.9 Å². The summed E-state index contributed by atoms with van der Waals surface area (Å²) < 4.78 is 31.1. The number of nitrogens with zero attached hydrogens (tertiary/aromatic N) is 1. The second-order valence-corrected chi connectivity index (χ2v) is 5.61. The molecule has 0 radical (unpaired) electrons. The van der Waals surface area contributed by atoms with Crippen molar-refractivity contribution in [2.45, 2.75) is 37.3 Å². The van der Waals surface area contributed by atoms with Crippen molar-refractivity contribution in [3.63, 3.8) is 0 Å². The van der Waals surface area contributed by atoms with Crippen LogP contribution in [0.5, 0.6) is 0 Å². The Hall–Kier alpha value is -0.210. The Bertz CT molecular complexity index is 343. The van der Waals surface area contributed by atoms with Gasteiger partial charge in [0.05, 0.1) is 19.2 Å². The molecule has 0 aromatic heterocycles. The number of methoxy groups -OCH3 is 1. The van der Waals surface area contributed by atoms with Crippen molar-refractivity contribution >= 4 is 30.7 Å². The molecule has 2 rings (SSSR count). The van der Waals surface area contributed by atoms with Gasteiger partial charge in [-0.3, -0.25) is 10.1 Å². The third-order valence-electron chi connectivity index (χ3n) is 3.97. The van der Waals surface area contributed by atoms with E-state index in [0.717, 1.165) is 32.5 Å². The van der Waals surface area contributed by atoms with Gasteiger partial charge in [0.25, 0.3) is 5.92 Å². The molecule has 9 heteroatoms. The van der Waals surface area contributed by atoms with Crippen LogP contribution in [-0.4, -0.2) is 68.7 Å². The van der Waals surface area contributed by atoms with Gasteiger partial charge >= 0.3 is 0 Å². The molecule has 22 heavy (non-hydrogen) atoms. The monoisotopic (exact) mass is 363 g/mol. The zero-order chi connectivity index (χ0) is 14.6. The highest BCUT2D eigenvalue weighted by atomic mass is 35.5. The van der Waals surface area contributed by atoms with E-state index in [9.17, 15) is 13.6 Å². The Morgan fingerprint density at radius 3 is 2.50 bits per heavy atom. The Labute approximate surface area is 142 Å². The number of amides is 1. The van der Waals surface area contributed by atoms with Crippen LogP contribution in [0.3, 0.4) is 0 Å². The summed E-state index contributed by atoms with van der Waals surface area (Å²) in [6.45, 7) is 3.01. The molecule has 2 heterocycles. The minimum Gasteiger partial charge on any atom is -0.383 e. The second kappa shape index (κ2) is 9.82. The zero-order valence-corrected chi connectivity index (χ0v) is 14.3. The van der Waals surface area contributed by atoms with Gasteiger partial charge in [0, 0.05) is 39.2 Å². The topological polar surface area (TPSA) is 53.6 Å². The minimum atomic E-state index is -2.76. The molecule has 132 valence electrons. The minimum absolute atomic E-state index is 0. The van der Waals surface area contributed by atoms with Crippen LogP contribution >= 0.6 is 24.8 Å². The zero-order valence-electron chi connectivity index (χ0n) is 12.6. The summed E-state index contributed by atoms with van der Waals surface area (Å²) in [5.41, 5.74) is 0. The van der Waals surface area contributed by atoms with E-state index in [2.05, 4.69) is 15.5 Å². The molecule has 5 nitrogen and oxygen atoms in total. The first-order chi connectivity index (χ1) is 9.50. The number of hydrogen-bond donors (Lipinski definition) is 2. The largest absolute Gasteiger partial charge is 0.383 e. The molecule has 0 aromatic rings. The van der Waals surface area contributed by atoms with E-state index in [-0.39, 0.29) is 36.8 Å². The average molecular weight is 364 g/mol. The molecule has 2 fully saturated rings. The molecule has 0 aromatic carbocycles. The average Bonchev–Trinajstić information content (AvgIpc) is 2.78. The highest BCUT2D eigenvalue weighted by Crippen LogP contribution is 2.25. The fourth-order valence-corrected chi connectivity index (χ4v) is 2.72. The van der Waals surface area contributed by atoms with E-state index in [4.69, 9.17) is 4.74 Å². The second-order valence-electron chi connectivity index (χ2n) is 5.61. The lowest BCUT2D eigenvalue weighted by Gasteiger charge is -2.32. The summed E-state index contributed by atoms with van der Waals surface area (Å²) in [6.07, 6.45) is 1.32. The van der Waals surface area contributed by atoms with Crippen molar-refractivity contribution in [2.24, 2.45) is 0 Å². The molecule has 2 saturated heterocycles. The number of rotatable bonds is 5. The lowest BCUT2D eigenvalue weighted by molar-refractivity contribution is -0.124. The number of halogens is 4. The predicted octanol–water partition coefficient (Wildman–Crippen LogP) is 1.05. The van der Waals surface area contributed by atoms with Crippen LogP contribution in [0.4, 0.5) is 8.78 Å². The number of ether oxygens (including phenoxy) is 1. The summed E-state index contributed by atoms with van der Waals surface area (Å²) in [7, 11) is 1.68. The molecular formula is C13H25Cl2F2N3O2. The van der Waals surface area contributed by atoms with Crippen molar-refractivity contribution in [3.05, 3.63) is 0 Å². The first-order valence-corrected chi connectivity index (χ1v) is 7.13. The number of likely N-dealkylation sites (tertiary alicyclic amines) is 1. The standard InChI is InChI=1S/C13H23F2N3O2.2ClH/c1-20-7-6-18-4-2-10(3-5-18)17-12(19)11-8-13(14,15)9-16-11;;/h10-11,16H,2-9H2,1H3,(H,17,19);2*1H. The maximum absolute atomic E-state index is 13.0. The van der Waals surface area contributed by atoms with E-state index in [1.54, 1.807) is 7.11 Å². The van der Waals surface area contributed by atoms with Gasteiger partial charge in [0.2, 0.25) is 5.91 Å². The van der Waals surface area contributed by atoms with Crippen LogP contribution in [0.1, 0.15) is 19.3 Å². The number of piperidine rings is 1. The highest BCUT2D eigenvalue weighted by Gasteiger charge is 2.42. The van der Waals surface area contributed by atoms with Gasteiger partial charge in [-0.2, -0.15) is 0 Å². The summed E-state index contributed by atoms with van der Waals surface area (Å²) >= 11 is 0. The molecule has 1 amide bonds. The Kier molecular flexibility index (Phi) is 9.73. The molecule has 0 spiro atoms. The van der Waals surface area contributed by atoms with Crippen molar-refractivity contribution < 1.29 is 18.3 Å². The maximum Gasteiger partial charge on any atom is 0.262 e.